The Morgan fingerprint density at radius 3 is 2.53 bits per heavy atom. The second kappa shape index (κ2) is 8.13. The Labute approximate surface area is 105 Å². The average molecular weight is 235 g/mol. The molecular weight excluding hydrogens is 210 g/mol. The van der Waals surface area contributed by atoms with Gasteiger partial charge in [0.15, 0.2) is 0 Å². The van der Waals surface area contributed by atoms with Gasteiger partial charge in [-0.15, -0.1) is 0 Å². The summed E-state index contributed by atoms with van der Waals surface area (Å²) in [6, 6.07) is 8.14. The number of phenols is 1. The summed E-state index contributed by atoms with van der Waals surface area (Å²) in [5.41, 5.74) is 0.991. The van der Waals surface area contributed by atoms with Crippen molar-refractivity contribution in [2.45, 2.75) is 58.5 Å². The summed E-state index contributed by atoms with van der Waals surface area (Å²) in [4.78, 5) is 0. The molecule has 0 fully saturated rings. The van der Waals surface area contributed by atoms with Gasteiger partial charge in [0.25, 0.3) is 0 Å². The van der Waals surface area contributed by atoms with Gasteiger partial charge in [-0.1, -0.05) is 51.3 Å². The van der Waals surface area contributed by atoms with Crippen LogP contribution in [0.1, 0.15) is 51.5 Å². The van der Waals surface area contributed by atoms with E-state index in [0.717, 1.165) is 12.1 Å². The van der Waals surface area contributed by atoms with Gasteiger partial charge in [0.1, 0.15) is 5.75 Å². The van der Waals surface area contributed by atoms with E-state index in [9.17, 15) is 5.11 Å². The molecule has 1 atom stereocenters. The van der Waals surface area contributed by atoms with Gasteiger partial charge in [-0.25, -0.2) is 0 Å². The number of hydrogen-bond donors (Lipinski definition) is 2. The highest BCUT2D eigenvalue weighted by Crippen LogP contribution is 2.16. The molecule has 1 aromatic carbocycles. The highest BCUT2D eigenvalue weighted by molar-refractivity contribution is 5.31. The normalized spacial score (nSPS) is 12.6. The minimum atomic E-state index is 0.394. The Hall–Kier alpha value is -1.02. The summed E-state index contributed by atoms with van der Waals surface area (Å²) in [7, 11) is 0. The first-order chi connectivity index (χ1) is 8.27. The Morgan fingerprint density at radius 1 is 1.12 bits per heavy atom. The van der Waals surface area contributed by atoms with Gasteiger partial charge in [0.05, 0.1) is 0 Å². The maximum Gasteiger partial charge on any atom is 0.120 e. The Bertz CT molecular complexity index is 312. The molecule has 0 aliphatic carbocycles. The number of rotatable bonds is 8. The van der Waals surface area contributed by atoms with Gasteiger partial charge in [0, 0.05) is 18.2 Å². The van der Waals surface area contributed by atoms with Crippen molar-refractivity contribution in [1.82, 2.24) is 5.32 Å². The zero-order valence-electron chi connectivity index (χ0n) is 11.1. The van der Waals surface area contributed by atoms with E-state index in [1.807, 2.05) is 18.2 Å². The molecule has 17 heavy (non-hydrogen) atoms. The van der Waals surface area contributed by atoms with Gasteiger partial charge < -0.3 is 10.4 Å². The van der Waals surface area contributed by atoms with E-state index in [-0.39, 0.29) is 0 Å². The molecule has 0 aliphatic rings. The van der Waals surface area contributed by atoms with E-state index in [4.69, 9.17) is 0 Å². The molecule has 0 heterocycles. The number of nitrogens with one attached hydrogen (secondary N) is 1. The van der Waals surface area contributed by atoms with Crippen LogP contribution in [0.25, 0.3) is 0 Å². The SMILES string of the molecule is CCCCC(CCC)NCc1ccccc1O. The molecule has 2 heteroatoms. The van der Waals surface area contributed by atoms with Gasteiger partial charge >= 0.3 is 0 Å². The second-order valence-electron chi connectivity index (χ2n) is 4.64. The van der Waals surface area contributed by atoms with Gasteiger partial charge in [-0.2, -0.15) is 0 Å². The maximum absolute atomic E-state index is 9.69. The van der Waals surface area contributed by atoms with E-state index in [1.54, 1.807) is 6.07 Å². The molecule has 1 aromatic rings. The van der Waals surface area contributed by atoms with Gasteiger partial charge in [-0.05, 0) is 18.9 Å². The fourth-order valence-corrected chi connectivity index (χ4v) is 2.06. The maximum atomic E-state index is 9.69. The molecule has 0 bridgehead atoms. The lowest BCUT2D eigenvalue weighted by atomic mass is 10.0. The second-order valence-corrected chi connectivity index (χ2v) is 4.64. The van der Waals surface area contributed by atoms with Crippen molar-refractivity contribution >= 4 is 0 Å². The third-order valence-corrected chi connectivity index (χ3v) is 3.12. The average Bonchev–Trinajstić information content (AvgIpc) is 2.34. The monoisotopic (exact) mass is 235 g/mol. The van der Waals surface area contributed by atoms with Crippen molar-refractivity contribution in [3.8, 4) is 5.75 Å². The predicted molar refractivity (Wildman–Crippen MR) is 73.2 cm³/mol. The fourth-order valence-electron chi connectivity index (χ4n) is 2.06. The molecule has 0 amide bonds. The topological polar surface area (TPSA) is 32.3 Å². The third-order valence-electron chi connectivity index (χ3n) is 3.12. The molecule has 0 saturated carbocycles. The number of hydrogen-bond acceptors (Lipinski definition) is 2. The molecule has 1 unspecified atom stereocenters. The molecule has 2 nitrogen and oxygen atoms in total. The van der Waals surface area contributed by atoms with Crippen LogP contribution in [0.4, 0.5) is 0 Å². The predicted octanol–water partition coefficient (Wildman–Crippen LogP) is 3.84. The van der Waals surface area contributed by atoms with Crippen LogP contribution in [0.2, 0.25) is 0 Å². The van der Waals surface area contributed by atoms with Gasteiger partial charge in [-0.3, -0.25) is 0 Å². The molecule has 96 valence electrons. The quantitative estimate of drug-likeness (QED) is 0.717. The Kier molecular flexibility index (Phi) is 6.71. The molecular formula is C15H25NO. The fraction of sp³-hybridized carbons (Fsp3) is 0.600. The van der Waals surface area contributed by atoms with Crippen LogP contribution in [0.15, 0.2) is 24.3 Å². The third kappa shape index (κ3) is 5.22. The number of phenolic OH excluding ortho intramolecular Hbond substituents is 1. The molecule has 0 saturated heterocycles. The highest BCUT2D eigenvalue weighted by Gasteiger charge is 2.07. The number of para-hydroxylation sites is 1. The van der Waals surface area contributed by atoms with Crippen LogP contribution in [0, 0.1) is 0 Å². The first-order valence-corrected chi connectivity index (χ1v) is 6.78. The molecule has 0 spiro atoms. The Morgan fingerprint density at radius 2 is 1.88 bits per heavy atom. The van der Waals surface area contributed by atoms with Crippen molar-refractivity contribution < 1.29 is 5.11 Å². The summed E-state index contributed by atoms with van der Waals surface area (Å²) in [5, 5.41) is 13.2. The lowest BCUT2D eigenvalue weighted by Crippen LogP contribution is -2.28. The van der Waals surface area contributed by atoms with E-state index >= 15 is 0 Å². The smallest absolute Gasteiger partial charge is 0.120 e. The summed E-state index contributed by atoms with van der Waals surface area (Å²) < 4.78 is 0. The summed E-state index contributed by atoms with van der Waals surface area (Å²) >= 11 is 0. The molecule has 1 rings (SSSR count). The number of benzene rings is 1. The zero-order valence-corrected chi connectivity index (χ0v) is 11.1. The van der Waals surface area contributed by atoms with Crippen LogP contribution in [0.5, 0.6) is 5.75 Å². The summed E-state index contributed by atoms with van der Waals surface area (Å²) in [5.74, 6) is 0.394. The molecule has 0 aliphatic heterocycles. The van der Waals surface area contributed by atoms with Gasteiger partial charge in [0.2, 0.25) is 0 Å². The van der Waals surface area contributed by atoms with Crippen LogP contribution in [0.3, 0.4) is 0 Å². The lowest BCUT2D eigenvalue weighted by Gasteiger charge is -2.18. The molecule has 0 aromatic heterocycles. The van der Waals surface area contributed by atoms with E-state index in [1.165, 1.54) is 32.1 Å². The minimum Gasteiger partial charge on any atom is -0.508 e. The minimum absolute atomic E-state index is 0.394. The lowest BCUT2D eigenvalue weighted by molar-refractivity contribution is 0.422. The van der Waals surface area contributed by atoms with Crippen molar-refractivity contribution in [1.29, 1.82) is 0 Å². The first kappa shape index (κ1) is 14.0. The summed E-state index contributed by atoms with van der Waals surface area (Å²) in [6.45, 7) is 5.22. The largest absolute Gasteiger partial charge is 0.508 e. The van der Waals surface area contributed by atoms with E-state index in [2.05, 4.69) is 19.2 Å². The van der Waals surface area contributed by atoms with Crippen molar-refractivity contribution in [2.75, 3.05) is 0 Å². The standard InChI is InChI=1S/C15H25NO/c1-3-5-10-14(8-4-2)16-12-13-9-6-7-11-15(13)17/h6-7,9,11,14,16-17H,3-5,8,10,12H2,1-2H3. The molecule has 0 radical (unpaired) electrons. The van der Waals surface area contributed by atoms with E-state index in [0.29, 0.717) is 11.8 Å². The zero-order chi connectivity index (χ0) is 12.5. The number of unbranched alkanes of at least 4 members (excludes halogenated alkanes) is 1. The van der Waals surface area contributed by atoms with Crippen molar-refractivity contribution in [2.24, 2.45) is 0 Å². The first-order valence-electron chi connectivity index (χ1n) is 6.78. The van der Waals surface area contributed by atoms with Crippen LogP contribution in [-0.4, -0.2) is 11.1 Å². The summed E-state index contributed by atoms with van der Waals surface area (Å²) in [6.07, 6.45) is 6.19. The van der Waals surface area contributed by atoms with Crippen LogP contribution < -0.4 is 5.32 Å². The van der Waals surface area contributed by atoms with E-state index < -0.39 is 0 Å². The van der Waals surface area contributed by atoms with Crippen LogP contribution in [-0.2, 0) is 6.54 Å². The number of aromatic hydroxyl groups is 1. The van der Waals surface area contributed by atoms with Crippen molar-refractivity contribution in [3.63, 3.8) is 0 Å². The highest BCUT2D eigenvalue weighted by atomic mass is 16.3. The van der Waals surface area contributed by atoms with Crippen molar-refractivity contribution in [3.05, 3.63) is 29.8 Å². The molecule has 2 N–H and O–H groups in total. The Balaban J connectivity index is 2.42. The van der Waals surface area contributed by atoms with Crippen LogP contribution >= 0.6 is 0 Å².